The molecule has 0 bridgehead atoms. The lowest BCUT2D eigenvalue weighted by atomic mass is 9.94. The third kappa shape index (κ3) is 2.78. The third-order valence-corrected chi connectivity index (χ3v) is 3.40. The fraction of sp³-hybridized carbons (Fsp3) is 0.118. The van der Waals surface area contributed by atoms with Gasteiger partial charge in [-0.25, -0.2) is 0 Å². The maximum absolute atomic E-state index is 12.0. The Morgan fingerprint density at radius 3 is 2.61 bits per heavy atom. The number of hydrogen-bond donors (Lipinski definition) is 2. The molecule has 1 aromatic heterocycles. The van der Waals surface area contributed by atoms with E-state index in [-0.39, 0.29) is 22.5 Å². The van der Waals surface area contributed by atoms with Gasteiger partial charge in [0.1, 0.15) is 34.8 Å². The van der Waals surface area contributed by atoms with Crippen molar-refractivity contribution < 1.29 is 4.74 Å². The van der Waals surface area contributed by atoms with Gasteiger partial charge in [0.15, 0.2) is 0 Å². The van der Waals surface area contributed by atoms with Crippen LogP contribution in [0.15, 0.2) is 35.6 Å². The first-order valence-electron chi connectivity index (χ1n) is 6.71. The molecule has 2 rings (SSSR count). The van der Waals surface area contributed by atoms with E-state index >= 15 is 0 Å². The molecule has 0 atom stereocenters. The molecule has 0 saturated carbocycles. The van der Waals surface area contributed by atoms with E-state index in [1.807, 2.05) is 12.1 Å². The smallest absolute Gasteiger partial charge is 0.268 e. The van der Waals surface area contributed by atoms with Gasteiger partial charge in [-0.1, -0.05) is 12.1 Å². The highest BCUT2D eigenvalue weighted by atomic mass is 16.5. The predicted octanol–water partition coefficient (Wildman–Crippen LogP) is 2.10. The van der Waals surface area contributed by atoms with Crippen molar-refractivity contribution in [3.63, 3.8) is 0 Å². The Labute approximate surface area is 133 Å². The van der Waals surface area contributed by atoms with E-state index in [2.05, 4.69) is 11.6 Å². The lowest BCUT2D eigenvalue weighted by molar-refractivity contribution is 0.411. The van der Waals surface area contributed by atoms with E-state index in [0.717, 1.165) is 5.56 Å². The highest BCUT2D eigenvalue weighted by molar-refractivity contribution is 5.80. The van der Waals surface area contributed by atoms with Crippen molar-refractivity contribution in [2.45, 2.75) is 6.42 Å². The normalized spacial score (nSPS) is 9.70. The molecular weight excluding hydrogens is 292 g/mol. The Kier molecular flexibility index (Phi) is 4.49. The lowest BCUT2D eigenvalue weighted by Crippen LogP contribution is -2.16. The zero-order chi connectivity index (χ0) is 17.0. The first-order chi connectivity index (χ1) is 11.1. The molecular formula is C17H14N4O2. The van der Waals surface area contributed by atoms with Gasteiger partial charge in [0, 0.05) is 5.56 Å². The van der Waals surface area contributed by atoms with Crippen molar-refractivity contribution in [1.29, 1.82) is 10.5 Å². The molecule has 0 spiro atoms. The van der Waals surface area contributed by atoms with Crippen molar-refractivity contribution in [3.8, 4) is 29.0 Å². The van der Waals surface area contributed by atoms with Crippen LogP contribution < -0.4 is 16.0 Å². The number of H-pyrrole nitrogens is 1. The molecule has 0 aliphatic rings. The summed E-state index contributed by atoms with van der Waals surface area (Å²) in [5.74, 6) is 0.594. The Balaban J connectivity index is 2.84. The molecule has 0 amide bonds. The summed E-state index contributed by atoms with van der Waals surface area (Å²) >= 11 is 0. The number of nitrogens with zero attached hydrogens (tertiary/aromatic N) is 2. The number of methoxy groups -OCH3 is 1. The van der Waals surface area contributed by atoms with Gasteiger partial charge in [0.05, 0.1) is 7.11 Å². The average Bonchev–Trinajstić information content (AvgIpc) is 2.54. The Bertz CT molecular complexity index is 914. The predicted molar refractivity (Wildman–Crippen MR) is 86.8 cm³/mol. The summed E-state index contributed by atoms with van der Waals surface area (Å²) in [5.41, 5.74) is 6.61. The van der Waals surface area contributed by atoms with Gasteiger partial charge < -0.3 is 15.5 Å². The van der Waals surface area contributed by atoms with Crippen LogP contribution >= 0.6 is 0 Å². The molecule has 0 aliphatic carbocycles. The second kappa shape index (κ2) is 6.50. The number of benzene rings is 1. The highest BCUT2D eigenvalue weighted by Gasteiger charge is 2.19. The fourth-order valence-electron chi connectivity index (χ4n) is 2.38. The Morgan fingerprint density at radius 1 is 1.35 bits per heavy atom. The molecule has 0 unspecified atom stereocenters. The van der Waals surface area contributed by atoms with Crippen LogP contribution in [0.4, 0.5) is 5.82 Å². The molecule has 6 nitrogen and oxygen atoms in total. The summed E-state index contributed by atoms with van der Waals surface area (Å²) in [6, 6.07) is 8.95. The number of aromatic amines is 1. The Hall–Kier alpha value is -3.51. The molecule has 3 N–H and O–H groups in total. The number of aromatic nitrogens is 1. The monoisotopic (exact) mass is 306 g/mol. The molecule has 1 heterocycles. The van der Waals surface area contributed by atoms with E-state index in [4.69, 9.17) is 10.5 Å². The topological polar surface area (TPSA) is 116 Å². The number of hydrogen-bond acceptors (Lipinski definition) is 5. The van der Waals surface area contributed by atoms with Crippen molar-refractivity contribution in [3.05, 3.63) is 57.9 Å². The number of pyridine rings is 1. The number of allylic oxidation sites excluding steroid dienone is 1. The SMILES string of the molecule is C=CCc1cc(-c2c(C#N)c(N)[nH]c(=O)c2C#N)ccc1OC. The third-order valence-electron chi connectivity index (χ3n) is 3.40. The van der Waals surface area contributed by atoms with Gasteiger partial charge in [-0.2, -0.15) is 10.5 Å². The van der Waals surface area contributed by atoms with Crippen LogP contribution in [0.5, 0.6) is 5.75 Å². The van der Waals surface area contributed by atoms with Crippen LogP contribution in [-0.2, 0) is 6.42 Å². The van der Waals surface area contributed by atoms with Crippen molar-refractivity contribution in [2.24, 2.45) is 0 Å². The summed E-state index contributed by atoms with van der Waals surface area (Å²) in [7, 11) is 1.55. The zero-order valence-electron chi connectivity index (χ0n) is 12.5. The lowest BCUT2D eigenvalue weighted by Gasteiger charge is -2.12. The first kappa shape index (κ1) is 15.9. The van der Waals surface area contributed by atoms with Crippen molar-refractivity contribution >= 4 is 5.82 Å². The van der Waals surface area contributed by atoms with Gasteiger partial charge in [-0.15, -0.1) is 6.58 Å². The number of anilines is 1. The maximum atomic E-state index is 12.0. The van der Waals surface area contributed by atoms with E-state index in [1.165, 1.54) is 0 Å². The minimum Gasteiger partial charge on any atom is -0.496 e. The van der Waals surface area contributed by atoms with Crippen LogP contribution in [0.2, 0.25) is 0 Å². The molecule has 114 valence electrons. The Morgan fingerprint density at radius 2 is 2.04 bits per heavy atom. The van der Waals surface area contributed by atoms with E-state index in [1.54, 1.807) is 31.4 Å². The van der Waals surface area contributed by atoms with Gasteiger partial charge in [-0.05, 0) is 29.7 Å². The summed E-state index contributed by atoms with van der Waals surface area (Å²) in [6.07, 6.45) is 2.25. The number of nitrogens with one attached hydrogen (secondary N) is 1. The van der Waals surface area contributed by atoms with Crippen LogP contribution in [0.1, 0.15) is 16.7 Å². The largest absolute Gasteiger partial charge is 0.496 e. The van der Waals surface area contributed by atoms with Gasteiger partial charge in [0.25, 0.3) is 5.56 Å². The molecule has 0 radical (unpaired) electrons. The van der Waals surface area contributed by atoms with Gasteiger partial charge >= 0.3 is 0 Å². The summed E-state index contributed by atoms with van der Waals surface area (Å²) in [4.78, 5) is 14.3. The summed E-state index contributed by atoms with van der Waals surface area (Å²) in [5, 5.41) is 18.6. The molecule has 1 aromatic carbocycles. The van der Waals surface area contributed by atoms with Crippen molar-refractivity contribution in [1.82, 2.24) is 4.98 Å². The zero-order valence-corrected chi connectivity index (χ0v) is 12.5. The number of rotatable bonds is 4. The molecule has 0 aliphatic heterocycles. The average molecular weight is 306 g/mol. The standard InChI is InChI=1S/C17H14N4O2/c1-3-4-10-7-11(5-6-14(10)23-2)15-12(8-18)16(20)21-17(22)13(15)9-19/h3,5-7H,1,4H2,2H3,(H3,20,21,22). The second-order valence-electron chi connectivity index (χ2n) is 4.74. The van der Waals surface area contributed by atoms with Crippen LogP contribution in [0.25, 0.3) is 11.1 Å². The van der Waals surface area contributed by atoms with Crippen LogP contribution in [0, 0.1) is 22.7 Å². The summed E-state index contributed by atoms with van der Waals surface area (Å²) < 4.78 is 5.28. The molecule has 0 saturated heterocycles. The maximum Gasteiger partial charge on any atom is 0.268 e. The molecule has 2 aromatic rings. The fourth-order valence-corrected chi connectivity index (χ4v) is 2.38. The molecule has 0 fully saturated rings. The quantitative estimate of drug-likeness (QED) is 0.839. The second-order valence-corrected chi connectivity index (χ2v) is 4.74. The van der Waals surface area contributed by atoms with Crippen molar-refractivity contribution in [2.75, 3.05) is 12.8 Å². The number of nitrogens with two attached hydrogens (primary N) is 1. The molecule has 6 heteroatoms. The van der Waals surface area contributed by atoms with E-state index in [0.29, 0.717) is 17.7 Å². The van der Waals surface area contributed by atoms with E-state index in [9.17, 15) is 15.3 Å². The van der Waals surface area contributed by atoms with Crippen LogP contribution in [0.3, 0.4) is 0 Å². The van der Waals surface area contributed by atoms with Crippen LogP contribution in [-0.4, -0.2) is 12.1 Å². The van der Waals surface area contributed by atoms with E-state index < -0.39 is 5.56 Å². The number of nitriles is 2. The highest BCUT2D eigenvalue weighted by Crippen LogP contribution is 2.31. The minimum atomic E-state index is -0.625. The minimum absolute atomic E-state index is 0.0624. The molecule has 23 heavy (non-hydrogen) atoms. The summed E-state index contributed by atoms with van der Waals surface area (Å²) in [6.45, 7) is 3.69. The van der Waals surface area contributed by atoms with Gasteiger partial charge in [-0.3, -0.25) is 4.79 Å². The first-order valence-corrected chi connectivity index (χ1v) is 6.71. The number of nitrogen functional groups attached to an aromatic ring is 1. The van der Waals surface area contributed by atoms with Gasteiger partial charge in [0.2, 0.25) is 0 Å². The number of ether oxygens (including phenoxy) is 1.